The van der Waals surface area contributed by atoms with E-state index in [1.165, 1.54) is 24.3 Å². The van der Waals surface area contributed by atoms with Crippen LogP contribution >= 0.6 is 0 Å². The predicted molar refractivity (Wildman–Crippen MR) is 63.2 cm³/mol. The van der Waals surface area contributed by atoms with Crippen molar-refractivity contribution >= 4 is 10.0 Å². The van der Waals surface area contributed by atoms with Gasteiger partial charge in [0.05, 0.1) is 4.90 Å². The zero-order valence-electron chi connectivity index (χ0n) is 9.94. The second kappa shape index (κ2) is 6.25. The maximum atomic E-state index is 11.9. The van der Waals surface area contributed by atoms with Crippen LogP contribution in [0, 0.1) is 0 Å². The largest absolute Gasteiger partial charge is 0.508 e. The smallest absolute Gasteiger partial charge is 0.389 e. The molecule has 0 amide bonds. The summed E-state index contributed by atoms with van der Waals surface area (Å²) in [6, 6.07) is 4.87. The number of benzene rings is 1. The summed E-state index contributed by atoms with van der Waals surface area (Å²) in [6.45, 7) is -0.0563. The number of halogens is 3. The van der Waals surface area contributed by atoms with Crippen molar-refractivity contribution in [1.82, 2.24) is 4.72 Å². The standard InChI is InChI=1S/C11H14F3NO3S/c12-11(13,14)7-1-2-8-15-19(17,18)10-5-3-9(16)4-6-10/h3-6,15-16H,1-2,7-8H2. The van der Waals surface area contributed by atoms with E-state index in [0.717, 1.165) is 0 Å². The first kappa shape index (κ1) is 15.8. The minimum atomic E-state index is -4.21. The van der Waals surface area contributed by atoms with Crippen LogP contribution in [0.1, 0.15) is 19.3 Å². The number of phenols is 1. The fourth-order valence-electron chi connectivity index (χ4n) is 1.37. The highest BCUT2D eigenvalue weighted by molar-refractivity contribution is 7.89. The molecule has 0 aliphatic heterocycles. The summed E-state index contributed by atoms with van der Waals surface area (Å²) >= 11 is 0. The zero-order valence-corrected chi connectivity index (χ0v) is 10.8. The van der Waals surface area contributed by atoms with Gasteiger partial charge in [-0.15, -0.1) is 0 Å². The number of alkyl halides is 3. The lowest BCUT2D eigenvalue weighted by atomic mass is 10.2. The van der Waals surface area contributed by atoms with Gasteiger partial charge in [-0.3, -0.25) is 0 Å². The molecule has 0 radical (unpaired) electrons. The summed E-state index contributed by atoms with van der Waals surface area (Å²) in [5.74, 6) is -0.0656. The van der Waals surface area contributed by atoms with E-state index in [0.29, 0.717) is 0 Å². The molecule has 0 heterocycles. The molecule has 0 saturated heterocycles. The van der Waals surface area contributed by atoms with Gasteiger partial charge >= 0.3 is 6.18 Å². The molecule has 8 heteroatoms. The van der Waals surface area contributed by atoms with E-state index in [2.05, 4.69) is 4.72 Å². The van der Waals surface area contributed by atoms with Crippen LogP contribution in [0.5, 0.6) is 5.75 Å². The van der Waals surface area contributed by atoms with Crippen LogP contribution < -0.4 is 4.72 Å². The van der Waals surface area contributed by atoms with Gasteiger partial charge < -0.3 is 5.11 Å². The van der Waals surface area contributed by atoms with Gasteiger partial charge in [0, 0.05) is 13.0 Å². The third-order valence-electron chi connectivity index (χ3n) is 2.33. The monoisotopic (exact) mass is 297 g/mol. The van der Waals surface area contributed by atoms with E-state index in [-0.39, 0.29) is 30.0 Å². The summed E-state index contributed by atoms with van der Waals surface area (Å²) in [7, 11) is -3.74. The van der Waals surface area contributed by atoms with Gasteiger partial charge in [0.2, 0.25) is 10.0 Å². The van der Waals surface area contributed by atoms with E-state index in [4.69, 9.17) is 5.11 Å². The third kappa shape index (κ3) is 5.93. The molecule has 0 atom stereocenters. The highest BCUT2D eigenvalue weighted by Crippen LogP contribution is 2.22. The molecule has 0 saturated carbocycles. The highest BCUT2D eigenvalue weighted by atomic mass is 32.2. The van der Waals surface area contributed by atoms with Crippen LogP contribution in [0.4, 0.5) is 13.2 Å². The molecule has 0 fully saturated rings. The molecule has 19 heavy (non-hydrogen) atoms. The number of unbranched alkanes of at least 4 members (excludes halogenated alkanes) is 1. The topological polar surface area (TPSA) is 66.4 Å². The van der Waals surface area contributed by atoms with Crippen LogP contribution in [0.2, 0.25) is 0 Å². The maximum Gasteiger partial charge on any atom is 0.389 e. The minimum Gasteiger partial charge on any atom is -0.508 e. The minimum absolute atomic E-state index is 0.0406. The van der Waals surface area contributed by atoms with Gasteiger partial charge in [-0.1, -0.05) is 0 Å². The SMILES string of the molecule is O=S(=O)(NCCCCC(F)(F)F)c1ccc(O)cc1. The van der Waals surface area contributed by atoms with Crippen molar-refractivity contribution in [2.45, 2.75) is 30.3 Å². The fraction of sp³-hybridized carbons (Fsp3) is 0.455. The van der Waals surface area contributed by atoms with Crippen molar-refractivity contribution in [3.8, 4) is 5.75 Å². The summed E-state index contributed by atoms with van der Waals surface area (Å²) in [5.41, 5.74) is 0. The van der Waals surface area contributed by atoms with Gasteiger partial charge in [0.15, 0.2) is 0 Å². The Kier molecular flexibility index (Phi) is 5.19. The van der Waals surface area contributed by atoms with Crippen molar-refractivity contribution in [3.63, 3.8) is 0 Å². The Morgan fingerprint density at radius 2 is 1.68 bits per heavy atom. The number of hydrogen-bond donors (Lipinski definition) is 2. The lowest BCUT2D eigenvalue weighted by molar-refractivity contribution is -0.135. The molecule has 1 aromatic carbocycles. The molecular weight excluding hydrogens is 283 g/mol. The van der Waals surface area contributed by atoms with Crippen LogP contribution in [0.3, 0.4) is 0 Å². The number of nitrogens with one attached hydrogen (secondary N) is 1. The van der Waals surface area contributed by atoms with E-state index in [1.54, 1.807) is 0 Å². The second-order valence-electron chi connectivity index (χ2n) is 3.96. The van der Waals surface area contributed by atoms with Gasteiger partial charge in [-0.05, 0) is 37.1 Å². The second-order valence-corrected chi connectivity index (χ2v) is 5.73. The third-order valence-corrected chi connectivity index (χ3v) is 3.80. The lowest BCUT2D eigenvalue weighted by Gasteiger charge is -2.08. The molecule has 2 N–H and O–H groups in total. The number of phenolic OH excluding ortho intramolecular Hbond substituents is 1. The first-order valence-electron chi connectivity index (χ1n) is 5.56. The molecule has 0 unspecified atom stereocenters. The number of rotatable bonds is 6. The van der Waals surface area contributed by atoms with E-state index in [1.807, 2.05) is 0 Å². The van der Waals surface area contributed by atoms with Crippen LogP contribution in [-0.2, 0) is 10.0 Å². The zero-order chi connectivity index (χ0) is 14.5. The van der Waals surface area contributed by atoms with Crippen molar-refractivity contribution < 1.29 is 26.7 Å². The number of aromatic hydroxyl groups is 1. The Morgan fingerprint density at radius 1 is 1.11 bits per heavy atom. The number of sulfonamides is 1. The quantitative estimate of drug-likeness (QED) is 0.792. The molecule has 0 bridgehead atoms. The molecule has 0 aliphatic rings. The molecule has 0 aromatic heterocycles. The lowest BCUT2D eigenvalue weighted by Crippen LogP contribution is -2.25. The molecule has 1 rings (SSSR count). The first-order chi connectivity index (χ1) is 8.71. The van der Waals surface area contributed by atoms with Crippen molar-refractivity contribution in [2.24, 2.45) is 0 Å². The van der Waals surface area contributed by atoms with Crippen molar-refractivity contribution in [1.29, 1.82) is 0 Å². The van der Waals surface area contributed by atoms with E-state index < -0.39 is 22.6 Å². The van der Waals surface area contributed by atoms with Gasteiger partial charge in [0.25, 0.3) is 0 Å². The van der Waals surface area contributed by atoms with Gasteiger partial charge in [-0.2, -0.15) is 13.2 Å². The Morgan fingerprint density at radius 3 is 2.21 bits per heavy atom. The Balaban J connectivity index is 2.42. The average molecular weight is 297 g/mol. The van der Waals surface area contributed by atoms with E-state index >= 15 is 0 Å². The molecule has 0 spiro atoms. The highest BCUT2D eigenvalue weighted by Gasteiger charge is 2.25. The summed E-state index contributed by atoms with van der Waals surface area (Å²) in [4.78, 5) is -0.0406. The fourth-order valence-corrected chi connectivity index (χ4v) is 2.44. The summed E-state index contributed by atoms with van der Waals surface area (Å²) < 4.78 is 61.2. The summed E-state index contributed by atoms with van der Waals surface area (Å²) in [5, 5.41) is 9.02. The molecule has 108 valence electrons. The Hall–Kier alpha value is -1.28. The molecule has 1 aromatic rings. The molecular formula is C11H14F3NO3S. The Labute approximate surface area is 109 Å². The van der Waals surface area contributed by atoms with Gasteiger partial charge in [-0.25, -0.2) is 13.1 Å². The van der Waals surface area contributed by atoms with Crippen LogP contribution in [-0.4, -0.2) is 26.2 Å². The molecule has 4 nitrogen and oxygen atoms in total. The van der Waals surface area contributed by atoms with Crippen LogP contribution in [0.25, 0.3) is 0 Å². The number of hydrogen-bond acceptors (Lipinski definition) is 3. The van der Waals surface area contributed by atoms with E-state index in [9.17, 15) is 21.6 Å². The molecule has 0 aliphatic carbocycles. The average Bonchev–Trinajstić information content (AvgIpc) is 2.27. The normalized spacial score (nSPS) is 12.6. The Bertz CT molecular complexity index is 497. The first-order valence-corrected chi connectivity index (χ1v) is 7.04. The van der Waals surface area contributed by atoms with Crippen LogP contribution in [0.15, 0.2) is 29.2 Å². The van der Waals surface area contributed by atoms with Crippen molar-refractivity contribution in [3.05, 3.63) is 24.3 Å². The predicted octanol–water partition coefficient (Wildman–Crippen LogP) is 2.40. The van der Waals surface area contributed by atoms with Gasteiger partial charge in [0.1, 0.15) is 5.75 Å². The maximum absolute atomic E-state index is 11.9. The van der Waals surface area contributed by atoms with Crippen molar-refractivity contribution in [2.75, 3.05) is 6.54 Å². The summed E-state index contributed by atoms with van der Waals surface area (Å²) in [6.07, 6.45) is -5.15.